The summed E-state index contributed by atoms with van der Waals surface area (Å²) in [4.78, 5) is 17.4. The van der Waals surface area contributed by atoms with Gasteiger partial charge >= 0.3 is 0 Å². The van der Waals surface area contributed by atoms with Crippen molar-refractivity contribution in [2.24, 2.45) is 0 Å². The van der Waals surface area contributed by atoms with E-state index < -0.39 is 0 Å². The van der Waals surface area contributed by atoms with E-state index >= 15 is 0 Å². The molecule has 0 bridgehead atoms. The minimum Gasteiger partial charge on any atom is -0.486 e. The summed E-state index contributed by atoms with van der Waals surface area (Å²) in [6.07, 6.45) is -0.201. The van der Waals surface area contributed by atoms with Gasteiger partial charge in [0.25, 0.3) is 0 Å². The van der Waals surface area contributed by atoms with E-state index in [1.54, 1.807) is 11.3 Å². The number of benzene rings is 1. The highest BCUT2D eigenvalue weighted by Gasteiger charge is 2.21. The number of hydrogen-bond donors (Lipinski definition) is 2. The second kappa shape index (κ2) is 7.79. The van der Waals surface area contributed by atoms with Gasteiger partial charge in [-0.25, -0.2) is 4.98 Å². The van der Waals surface area contributed by atoms with Crippen LogP contribution in [0.15, 0.2) is 46.9 Å². The number of carbonyl (C=O) groups is 1. The molecule has 3 heterocycles. The maximum atomic E-state index is 12.0. The molecule has 1 aliphatic rings. The van der Waals surface area contributed by atoms with Crippen LogP contribution in [0.1, 0.15) is 0 Å². The minimum atomic E-state index is -0.201. The Hall–Kier alpha value is -2.52. The fourth-order valence-corrected chi connectivity index (χ4v) is 3.70. The first kappa shape index (κ1) is 16.9. The summed E-state index contributed by atoms with van der Waals surface area (Å²) in [6, 6.07) is 11.4. The molecule has 0 aliphatic carbocycles. The minimum absolute atomic E-state index is 0.0973. The average molecular weight is 388 g/mol. The molecule has 0 fully saturated rings. The van der Waals surface area contributed by atoms with Crippen molar-refractivity contribution in [1.82, 2.24) is 20.5 Å². The van der Waals surface area contributed by atoms with Gasteiger partial charge in [0.05, 0.1) is 17.2 Å². The Kier molecular flexibility index (Phi) is 5.07. The molecule has 1 amide bonds. The maximum absolute atomic E-state index is 12.0. The van der Waals surface area contributed by atoms with Crippen molar-refractivity contribution in [1.29, 1.82) is 0 Å². The summed E-state index contributed by atoms with van der Waals surface area (Å²) in [5, 5.41) is 12.4. The quantitative estimate of drug-likeness (QED) is 0.631. The number of fused-ring (bicyclic) bond motifs is 1. The van der Waals surface area contributed by atoms with Crippen LogP contribution < -0.4 is 14.8 Å². The molecule has 1 aromatic carbocycles. The molecule has 4 rings (SSSR count). The Balaban J connectivity index is 1.23. The molecule has 0 radical (unpaired) electrons. The molecular formula is C17H16N4O3S2. The lowest BCUT2D eigenvalue weighted by Gasteiger charge is -2.26. The van der Waals surface area contributed by atoms with Crippen LogP contribution in [-0.4, -0.2) is 46.1 Å². The van der Waals surface area contributed by atoms with Gasteiger partial charge in [0.1, 0.15) is 12.7 Å². The summed E-state index contributed by atoms with van der Waals surface area (Å²) in [6.45, 7) is 0.803. The average Bonchev–Trinajstić information content (AvgIpc) is 3.36. The van der Waals surface area contributed by atoms with Crippen LogP contribution in [0.25, 0.3) is 10.7 Å². The van der Waals surface area contributed by atoms with Crippen LogP contribution in [0.2, 0.25) is 0 Å². The molecule has 9 heteroatoms. The van der Waals surface area contributed by atoms with Crippen molar-refractivity contribution >= 4 is 29.0 Å². The number of hydrogen-bond acceptors (Lipinski definition) is 7. The van der Waals surface area contributed by atoms with E-state index in [-0.39, 0.29) is 17.8 Å². The van der Waals surface area contributed by atoms with Gasteiger partial charge in [0, 0.05) is 0 Å². The molecular weight excluding hydrogens is 372 g/mol. The van der Waals surface area contributed by atoms with Crippen molar-refractivity contribution in [2.75, 3.05) is 18.9 Å². The Labute approximate surface area is 158 Å². The largest absolute Gasteiger partial charge is 0.486 e. The Bertz CT molecular complexity index is 882. The summed E-state index contributed by atoms with van der Waals surface area (Å²) >= 11 is 2.87. The molecule has 0 unspecified atom stereocenters. The number of rotatable bonds is 6. The lowest BCUT2D eigenvalue weighted by molar-refractivity contribution is -0.119. The number of ether oxygens (including phenoxy) is 2. The summed E-state index contributed by atoms with van der Waals surface area (Å²) < 4.78 is 11.4. The van der Waals surface area contributed by atoms with E-state index in [2.05, 4.69) is 20.5 Å². The Morgan fingerprint density at radius 3 is 3.04 bits per heavy atom. The standard InChI is InChI=1S/C17H16N4O3S2/c22-15(10-26-17-19-16(20-21-17)14-6-3-7-25-14)18-8-11-9-23-12-4-1-2-5-13(12)24-11/h1-7,11H,8-10H2,(H,18,22)(H,19,20,21)/t11-/m1/s1. The second-order valence-electron chi connectivity index (χ2n) is 5.53. The zero-order valence-corrected chi connectivity index (χ0v) is 15.3. The number of aromatic nitrogens is 3. The van der Waals surface area contributed by atoms with Crippen LogP contribution in [-0.2, 0) is 4.79 Å². The topological polar surface area (TPSA) is 89.1 Å². The Morgan fingerprint density at radius 2 is 2.19 bits per heavy atom. The predicted molar refractivity (Wildman–Crippen MR) is 99.8 cm³/mol. The fraction of sp³-hybridized carbons (Fsp3) is 0.235. The van der Waals surface area contributed by atoms with E-state index in [9.17, 15) is 4.79 Å². The number of para-hydroxylation sites is 2. The first-order chi connectivity index (χ1) is 12.8. The van der Waals surface area contributed by atoms with Gasteiger partial charge < -0.3 is 14.8 Å². The number of H-pyrrole nitrogens is 1. The highest BCUT2D eigenvalue weighted by Crippen LogP contribution is 2.30. The van der Waals surface area contributed by atoms with E-state index in [1.807, 2.05) is 41.8 Å². The molecule has 3 aromatic rings. The predicted octanol–water partition coefficient (Wildman–Crippen LogP) is 2.58. The molecule has 7 nitrogen and oxygen atoms in total. The number of nitrogens with zero attached hydrogens (tertiary/aromatic N) is 2. The summed E-state index contributed by atoms with van der Waals surface area (Å²) in [7, 11) is 0. The first-order valence-corrected chi connectivity index (χ1v) is 9.89. The lowest BCUT2D eigenvalue weighted by Crippen LogP contribution is -2.41. The number of nitrogens with one attached hydrogen (secondary N) is 2. The van der Waals surface area contributed by atoms with Gasteiger partial charge in [-0.3, -0.25) is 9.89 Å². The fourth-order valence-electron chi connectivity index (χ4n) is 2.41. The van der Waals surface area contributed by atoms with Gasteiger partial charge in [-0.15, -0.1) is 16.4 Å². The van der Waals surface area contributed by atoms with E-state index in [0.717, 1.165) is 10.6 Å². The third-order valence-electron chi connectivity index (χ3n) is 3.65. The summed E-state index contributed by atoms with van der Waals surface area (Å²) in [5.41, 5.74) is 0. The van der Waals surface area contributed by atoms with Crippen LogP contribution in [0.3, 0.4) is 0 Å². The lowest BCUT2D eigenvalue weighted by atomic mass is 10.2. The highest BCUT2D eigenvalue weighted by atomic mass is 32.2. The van der Waals surface area contributed by atoms with Crippen molar-refractivity contribution in [3.05, 3.63) is 41.8 Å². The van der Waals surface area contributed by atoms with E-state index in [1.165, 1.54) is 11.8 Å². The number of aromatic amines is 1. The second-order valence-corrected chi connectivity index (χ2v) is 7.42. The molecule has 0 saturated heterocycles. The number of carbonyl (C=O) groups excluding carboxylic acids is 1. The van der Waals surface area contributed by atoms with Crippen LogP contribution >= 0.6 is 23.1 Å². The third-order valence-corrected chi connectivity index (χ3v) is 5.37. The van der Waals surface area contributed by atoms with Gasteiger partial charge in [0.15, 0.2) is 17.3 Å². The molecule has 1 aliphatic heterocycles. The molecule has 0 saturated carbocycles. The number of thiophene rings is 1. The normalized spacial score (nSPS) is 15.6. The van der Waals surface area contributed by atoms with Gasteiger partial charge in [-0.2, -0.15) is 0 Å². The van der Waals surface area contributed by atoms with Crippen LogP contribution in [0.4, 0.5) is 0 Å². The third kappa shape index (κ3) is 4.00. The van der Waals surface area contributed by atoms with Crippen molar-refractivity contribution in [2.45, 2.75) is 11.3 Å². The van der Waals surface area contributed by atoms with Crippen LogP contribution in [0, 0.1) is 0 Å². The van der Waals surface area contributed by atoms with Crippen LogP contribution in [0.5, 0.6) is 11.5 Å². The monoisotopic (exact) mass is 388 g/mol. The Morgan fingerprint density at radius 1 is 1.31 bits per heavy atom. The van der Waals surface area contributed by atoms with Gasteiger partial charge in [-0.1, -0.05) is 30.0 Å². The smallest absolute Gasteiger partial charge is 0.230 e. The molecule has 1 atom stereocenters. The van der Waals surface area contributed by atoms with Crippen molar-refractivity contribution in [3.8, 4) is 22.2 Å². The van der Waals surface area contributed by atoms with Gasteiger partial charge in [-0.05, 0) is 23.6 Å². The van der Waals surface area contributed by atoms with Crippen molar-refractivity contribution < 1.29 is 14.3 Å². The molecule has 2 aromatic heterocycles. The molecule has 0 spiro atoms. The van der Waals surface area contributed by atoms with E-state index in [0.29, 0.717) is 29.9 Å². The first-order valence-electron chi connectivity index (χ1n) is 8.02. The molecule has 2 N–H and O–H groups in total. The van der Waals surface area contributed by atoms with Crippen molar-refractivity contribution in [3.63, 3.8) is 0 Å². The van der Waals surface area contributed by atoms with Gasteiger partial charge in [0.2, 0.25) is 11.1 Å². The zero-order chi connectivity index (χ0) is 17.8. The molecule has 134 valence electrons. The SMILES string of the molecule is O=C(CSc1n[nH]c(-c2cccs2)n1)NC[C@@H]1COc2ccccc2O1. The summed E-state index contributed by atoms with van der Waals surface area (Å²) in [5.74, 6) is 2.30. The number of amides is 1. The molecule has 26 heavy (non-hydrogen) atoms. The number of thioether (sulfide) groups is 1. The van der Waals surface area contributed by atoms with E-state index in [4.69, 9.17) is 9.47 Å². The maximum Gasteiger partial charge on any atom is 0.230 e. The zero-order valence-electron chi connectivity index (χ0n) is 13.7. The highest BCUT2D eigenvalue weighted by molar-refractivity contribution is 7.99.